The second-order valence-corrected chi connectivity index (χ2v) is 11.1. The van der Waals surface area contributed by atoms with E-state index in [0.717, 1.165) is 29.5 Å². The Bertz CT molecular complexity index is 1250. The van der Waals surface area contributed by atoms with Crippen molar-refractivity contribution in [3.05, 3.63) is 84.4 Å². The minimum Gasteiger partial charge on any atom is -0.208 e. The Kier molecular flexibility index (Phi) is 5.98. The zero-order chi connectivity index (χ0) is 22.1. The number of hydrogen-bond donors (Lipinski definition) is 2. The second-order valence-electron chi connectivity index (χ2n) is 7.70. The van der Waals surface area contributed by atoms with Crippen molar-refractivity contribution in [3.63, 3.8) is 0 Å². The molecule has 1 fully saturated rings. The Morgan fingerprint density at radius 3 is 1.77 bits per heavy atom. The molecule has 1 aliphatic carbocycles. The van der Waals surface area contributed by atoms with E-state index in [4.69, 9.17) is 0 Å². The van der Waals surface area contributed by atoms with Crippen LogP contribution in [0.5, 0.6) is 0 Å². The molecule has 8 heteroatoms. The van der Waals surface area contributed by atoms with Gasteiger partial charge in [0.15, 0.2) is 0 Å². The van der Waals surface area contributed by atoms with Gasteiger partial charge in [0.05, 0.1) is 9.79 Å². The summed E-state index contributed by atoms with van der Waals surface area (Å²) in [6.45, 7) is 1.77. The minimum atomic E-state index is -3.81. The average molecular weight is 457 g/mol. The first kappa shape index (κ1) is 21.7. The Hall–Kier alpha value is -2.52. The molecule has 1 unspecified atom stereocenters. The topological polar surface area (TPSA) is 92.3 Å². The average Bonchev–Trinajstić information content (AvgIpc) is 3.57. The van der Waals surface area contributed by atoms with E-state index in [2.05, 4.69) is 9.44 Å². The van der Waals surface area contributed by atoms with Crippen molar-refractivity contribution >= 4 is 20.0 Å². The third-order valence-corrected chi connectivity index (χ3v) is 8.29. The van der Waals surface area contributed by atoms with E-state index in [1.807, 2.05) is 54.6 Å². The van der Waals surface area contributed by atoms with Crippen LogP contribution in [0.2, 0.25) is 0 Å². The first-order chi connectivity index (χ1) is 14.7. The molecular weight excluding hydrogens is 432 g/mol. The van der Waals surface area contributed by atoms with E-state index in [-0.39, 0.29) is 15.8 Å². The fourth-order valence-corrected chi connectivity index (χ4v) is 5.79. The zero-order valence-electron chi connectivity index (χ0n) is 17.0. The predicted molar refractivity (Wildman–Crippen MR) is 120 cm³/mol. The summed E-state index contributed by atoms with van der Waals surface area (Å²) in [6.07, 6.45) is 1.67. The van der Waals surface area contributed by atoms with Crippen LogP contribution in [0.15, 0.2) is 88.7 Å². The molecule has 3 aromatic carbocycles. The molecule has 31 heavy (non-hydrogen) atoms. The molecular formula is C23H24N2O4S2. The van der Waals surface area contributed by atoms with Crippen LogP contribution < -0.4 is 9.44 Å². The smallest absolute Gasteiger partial charge is 0.208 e. The maximum Gasteiger partial charge on any atom is 0.241 e. The summed E-state index contributed by atoms with van der Waals surface area (Å²) in [5.41, 5.74) is 2.97. The summed E-state index contributed by atoms with van der Waals surface area (Å²) in [5.74, 6) is 0. The van der Waals surface area contributed by atoms with Gasteiger partial charge < -0.3 is 0 Å². The molecule has 3 aromatic rings. The van der Waals surface area contributed by atoms with E-state index in [1.54, 1.807) is 6.92 Å². The van der Waals surface area contributed by atoms with Crippen LogP contribution in [-0.2, 0) is 20.0 Å². The summed E-state index contributed by atoms with van der Waals surface area (Å²) in [7, 11) is -7.43. The number of rotatable bonds is 8. The van der Waals surface area contributed by atoms with Crippen LogP contribution >= 0.6 is 0 Å². The highest BCUT2D eigenvalue weighted by molar-refractivity contribution is 7.90. The largest absolute Gasteiger partial charge is 0.241 e. The Labute approximate surface area is 183 Å². The van der Waals surface area contributed by atoms with Crippen molar-refractivity contribution in [3.8, 4) is 11.1 Å². The zero-order valence-corrected chi connectivity index (χ0v) is 18.7. The molecule has 2 N–H and O–H groups in total. The van der Waals surface area contributed by atoms with Gasteiger partial charge in [0.1, 0.15) is 0 Å². The van der Waals surface area contributed by atoms with Crippen LogP contribution in [0.25, 0.3) is 11.1 Å². The summed E-state index contributed by atoms with van der Waals surface area (Å²) in [4.78, 5) is 0.0773. The molecule has 0 aromatic heterocycles. The fraction of sp³-hybridized carbons (Fsp3) is 0.217. The summed E-state index contributed by atoms with van der Waals surface area (Å²) in [6, 6.07) is 22.5. The van der Waals surface area contributed by atoms with Crippen LogP contribution in [0.1, 0.15) is 31.4 Å². The molecule has 162 valence electrons. The molecule has 0 saturated heterocycles. The highest BCUT2D eigenvalue weighted by atomic mass is 32.2. The first-order valence-electron chi connectivity index (χ1n) is 10.0. The lowest BCUT2D eigenvalue weighted by atomic mass is 10.0. The van der Waals surface area contributed by atoms with Gasteiger partial charge in [0, 0.05) is 12.1 Å². The van der Waals surface area contributed by atoms with Crippen molar-refractivity contribution in [1.29, 1.82) is 0 Å². The van der Waals surface area contributed by atoms with E-state index in [1.165, 1.54) is 24.3 Å². The van der Waals surface area contributed by atoms with Crippen molar-refractivity contribution in [1.82, 2.24) is 9.44 Å². The van der Waals surface area contributed by atoms with Crippen LogP contribution in [0.3, 0.4) is 0 Å². The molecule has 4 rings (SSSR count). The Morgan fingerprint density at radius 1 is 0.710 bits per heavy atom. The number of benzene rings is 3. The molecule has 6 nitrogen and oxygen atoms in total. The molecule has 1 aliphatic rings. The third-order valence-electron chi connectivity index (χ3n) is 5.19. The predicted octanol–water partition coefficient (Wildman–Crippen LogP) is 3.83. The van der Waals surface area contributed by atoms with Crippen LogP contribution in [0, 0.1) is 0 Å². The van der Waals surface area contributed by atoms with E-state index in [9.17, 15) is 16.8 Å². The molecule has 1 saturated carbocycles. The normalized spacial score (nSPS) is 15.5. The molecule has 0 heterocycles. The quantitative estimate of drug-likeness (QED) is 0.539. The van der Waals surface area contributed by atoms with Gasteiger partial charge in [0.2, 0.25) is 20.0 Å². The monoisotopic (exact) mass is 456 g/mol. The lowest BCUT2D eigenvalue weighted by Crippen LogP contribution is -2.27. The lowest BCUT2D eigenvalue weighted by Gasteiger charge is -2.15. The van der Waals surface area contributed by atoms with Crippen LogP contribution in [0.4, 0.5) is 0 Å². The molecule has 0 bridgehead atoms. The van der Waals surface area contributed by atoms with Crippen molar-refractivity contribution in [2.75, 3.05) is 0 Å². The fourth-order valence-electron chi connectivity index (χ4n) is 3.25. The van der Waals surface area contributed by atoms with Crippen molar-refractivity contribution < 1.29 is 16.8 Å². The second kappa shape index (κ2) is 8.55. The third kappa shape index (κ3) is 5.22. The highest BCUT2D eigenvalue weighted by Gasteiger charge is 2.28. The van der Waals surface area contributed by atoms with E-state index < -0.39 is 26.1 Å². The van der Waals surface area contributed by atoms with Crippen LogP contribution in [-0.4, -0.2) is 22.9 Å². The van der Waals surface area contributed by atoms with Gasteiger partial charge in [-0.2, -0.15) is 0 Å². The maximum absolute atomic E-state index is 12.8. The van der Waals surface area contributed by atoms with Gasteiger partial charge in [-0.3, -0.25) is 0 Å². The molecule has 0 radical (unpaired) electrons. The molecule has 1 atom stereocenters. The van der Waals surface area contributed by atoms with Gasteiger partial charge in [-0.05, 0) is 60.7 Å². The Balaban J connectivity index is 1.46. The van der Waals surface area contributed by atoms with Gasteiger partial charge >= 0.3 is 0 Å². The highest BCUT2D eigenvalue weighted by Crippen LogP contribution is 2.25. The Morgan fingerprint density at radius 2 is 1.23 bits per heavy atom. The maximum atomic E-state index is 12.8. The molecule has 0 spiro atoms. The van der Waals surface area contributed by atoms with Gasteiger partial charge in [0.25, 0.3) is 0 Å². The van der Waals surface area contributed by atoms with Gasteiger partial charge in [-0.15, -0.1) is 0 Å². The van der Waals surface area contributed by atoms with E-state index in [0.29, 0.717) is 0 Å². The molecule has 0 aliphatic heterocycles. The number of nitrogens with one attached hydrogen (secondary N) is 2. The van der Waals surface area contributed by atoms with Gasteiger partial charge in [-0.25, -0.2) is 26.3 Å². The molecule has 0 amide bonds. The number of sulfonamides is 2. The number of hydrogen-bond acceptors (Lipinski definition) is 4. The standard InChI is InChI=1S/C23H24N2O4S2/c1-17(18-7-9-20(10-8-18)19-5-3-2-4-6-19)24-30(26,27)22-13-15-23(16-14-22)31(28,29)25-21-11-12-21/h2-10,13-17,21,24-25H,11-12H2,1H3. The van der Waals surface area contributed by atoms with Gasteiger partial charge in [-0.1, -0.05) is 54.6 Å². The summed E-state index contributed by atoms with van der Waals surface area (Å²) < 4.78 is 55.3. The first-order valence-corrected chi connectivity index (χ1v) is 13.0. The minimum absolute atomic E-state index is 0.01000. The summed E-state index contributed by atoms with van der Waals surface area (Å²) >= 11 is 0. The van der Waals surface area contributed by atoms with Crippen molar-refractivity contribution in [2.45, 2.75) is 41.6 Å². The summed E-state index contributed by atoms with van der Waals surface area (Å²) in [5, 5.41) is 0. The van der Waals surface area contributed by atoms with Crippen molar-refractivity contribution in [2.24, 2.45) is 0 Å². The van der Waals surface area contributed by atoms with E-state index >= 15 is 0 Å². The lowest BCUT2D eigenvalue weighted by molar-refractivity contribution is 0.566. The SMILES string of the molecule is CC(NS(=O)(=O)c1ccc(S(=O)(=O)NC2CC2)cc1)c1ccc(-c2ccccc2)cc1.